The number of likely N-dealkylation sites (tertiary alicyclic amines) is 1. The number of ketones is 1. The van der Waals surface area contributed by atoms with E-state index in [0.717, 1.165) is 31.7 Å². The summed E-state index contributed by atoms with van der Waals surface area (Å²) < 4.78 is 10.6. The third kappa shape index (κ3) is 3.19. The molecule has 0 N–H and O–H groups in total. The molecule has 2 heterocycles. The van der Waals surface area contributed by atoms with Gasteiger partial charge in [0.05, 0.1) is 6.54 Å². The minimum atomic E-state index is 0.134. The van der Waals surface area contributed by atoms with Crippen LogP contribution in [0.4, 0.5) is 0 Å². The summed E-state index contributed by atoms with van der Waals surface area (Å²) in [6, 6.07) is 5.91. The number of carbonyl (C=O) groups excluding carboxylic acids is 1. The van der Waals surface area contributed by atoms with Gasteiger partial charge in [0.15, 0.2) is 17.3 Å². The molecule has 1 aromatic rings. The number of benzene rings is 1. The normalized spacial score (nSPS) is 19.2. The van der Waals surface area contributed by atoms with Crippen LogP contribution >= 0.6 is 0 Å². The summed E-state index contributed by atoms with van der Waals surface area (Å²) in [5.74, 6) is 1.52. The van der Waals surface area contributed by atoms with Gasteiger partial charge < -0.3 is 14.4 Å². The molecule has 0 unspecified atom stereocenters. The van der Waals surface area contributed by atoms with Crippen LogP contribution < -0.4 is 9.47 Å². The van der Waals surface area contributed by atoms with Crippen LogP contribution in [0, 0.1) is 0 Å². The fourth-order valence-electron chi connectivity index (χ4n) is 2.95. The highest BCUT2D eigenvalue weighted by molar-refractivity contribution is 5.98. The van der Waals surface area contributed by atoms with Crippen LogP contribution in [0.25, 0.3) is 0 Å². The first kappa shape index (κ1) is 14.4. The SMILES string of the molecule is CN1CCC(N(C)CC(=O)c2ccc3c(c2)OCO3)CC1. The number of hydrogen-bond donors (Lipinski definition) is 0. The lowest BCUT2D eigenvalue weighted by Crippen LogP contribution is -2.43. The number of fused-ring (bicyclic) bond motifs is 1. The zero-order valence-electron chi connectivity index (χ0n) is 12.7. The molecule has 0 amide bonds. The van der Waals surface area contributed by atoms with E-state index >= 15 is 0 Å². The van der Waals surface area contributed by atoms with Crippen molar-refractivity contribution in [2.45, 2.75) is 18.9 Å². The van der Waals surface area contributed by atoms with Gasteiger partial charge in [-0.1, -0.05) is 0 Å². The van der Waals surface area contributed by atoms with Crippen molar-refractivity contribution in [1.82, 2.24) is 9.80 Å². The number of likely N-dealkylation sites (N-methyl/N-ethyl adjacent to an activating group) is 1. The minimum Gasteiger partial charge on any atom is -0.454 e. The van der Waals surface area contributed by atoms with Gasteiger partial charge in [-0.2, -0.15) is 0 Å². The third-order valence-corrected chi connectivity index (χ3v) is 4.40. The summed E-state index contributed by atoms with van der Waals surface area (Å²) in [4.78, 5) is 16.9. The van der Waals surface area contributed by atoms with E-state index in [0.29, 0.717) is 23.9 Å². The number of nitrogens with zero attached hydrogens (tertiary/aromatic N) is 2. The highest BCUT2D eigenvalue weighted by atomic mass is 16.7. The van der Waals surface area contributed by atoms with Crippen LogP contribution in [0.5, 0.6) is 11.5 Å². The fraction of sp³-hybridized carbons (Fsp3) is 0.562. The molecule has 0 bridgehead atoms. The van der Waals surface area contributed by atoms with E-state index in [-0.39, 0.29) is 12.6 Å². The van der Waals surface area contributed by atoms with Crippen molar-refractivity contribution in [3.63, 3.8) is 0 Å². The van der Waals surface area contributed by atoms with Gasteiger partial charge in [-0.15, -0.1) is 0 Å². The Morgan fingerprint density at radius 3 is 2.76 bits per heavy atom. The lowest BCUT2D eigenvalue weighted by Gasteiger charge is -2.34. The van der Waals surface area contributed by atoms with Crippen LogP contribution in [0.3, 0.4) is 0 Å². The van der Waals surface area contributed by atoms with E-state index in [1.807, 2.05) is 19.2 Å². The summed E-state index contributed by atoms with van der Waals surface area (Å²) in [5, 5.41) is 0. The Morgan fingerprint density at radius 1 is 1.29 bits per heavy atom. The van der Waals surface area contributed by atoms with E-state index < -0.39 is 0 Å². The first-order valence-corrected chi connectivity index (χ1v) is 7.45. The molecule has 0 radical (unpaired) electrons. The average molecular weight is 290 g/mol. The second-order valence-corrected chi connectivity index (χ2v) is 5.94. The fourth-order valence-corrected chi connectivity index (χ4v) is 2.95. The Balaban J connectivity index is 1.60. The second-order valence-electron chi connectivity index (χ2n) is 5.94. The van der Waals surface area contributed by atoms with Gasteiger partial charge in [0.25, 0.3) is 0 Å². The molecule has 1 saturated heterocycles. The van der Waals surface area contributed by atoms with Crippen LogP contribution in [0.1, 0.15) is 23.2 Å². The predicted octanol–water partition coefficient (Wildman–Crippen LogP) is 1.62. The molecule has 0 atom stereocenters. The molecule has 3 rings (SSSR count). The third-order valence-electron chi connectivity index (χ3n) is 4.40. The van der Waals surface area contributed by atoms with Gasteiger partial charge >= 0.3 is 0 Å². The molecule has 5 nitrogen and oxygen atoms in total. The van der Waals surface area contributed by atoms with Crippen molar-refractivity contribution in [2.24, 2.45) is 0 Å². The van der Waals surface area contributed by atoms with E-state index in [1.54, 1.807) is 6.07 Å². The minimum absolute atomic E-state index is 0.134. The molecule has 0 spiro atoms. The van der Waals surface area contributed by atoms with E-state index in [4.69, 9.17) is 9.47 Å². The maximum atomic E-state index is 12.4. The topological polar surface area (TPSA) is 42.0 Å². The van der Waals surface area contributed by atoms with E-state index in [1.165, 1.54) is 0 Å². The first-order valence-electron chi connectivity index (χ1n) is 7.45. The van der Waals surface area contributed by atoms with Crippen molar-refractivity contribution in [3.05, 3.63) is 23.8 Å². The summed E-state index contributed by atoms with van der Waals surface area (Å²) >= 11 is 0. The van der Waals surface area contributed by atoms with Crippen LogP contribution in [-0.2, 0) is 0 Å². The molecule has 0 aliphatic carbocycles. The smallest absolute Gasteiger partial charge is 0.231 e. The molecule has 1 fully saturated rings. The van der Waals surface area contributed by atoms with Crippen molar-refractivity contribution in [2.75, 3.05) is 40.5 Å². The molecule has 21 heavy (non-hydrogen) atoms. The Kier molecular flexibility index (Phi) is 4.12. The molecule has 0 aromatic heterocycles. The van der Waals surface area contributed by atoms with Gasteiger partial charge in [0, 0.05) is 11.6 Å². The van der Waals surface area contributed by atoms with Crippen molar-refractivity contribution in [1.29, 1.82) is 0 Å². The molecule has 114 valence electrons. The van der Waals surface area contributed by atoms with Crippen molar-refractivity contribution in [3.8, 4) is 11.5 Å². The quantitative estimate of drug-likeness (QED) is 0.788. The van der Waals surface area contributed by atoms with Gasteiger partial charge in [0.2, 0.25) is 6.79 Å². The number of piperidine rings is 1. The molecule has 5 heteroatoms. The first-order chi connectivity index (χ1) is 10.1. The summed E-state index contributed by atoms with van der Waals surface area (Å²) in [6.07, 6.45) is 2.25. The number of ether oxygens (including phenoxy) is 2. The van der Waals surface area contributed by atoms with Crippen molar-refractivity contribution >= 4 is 5.78 Å². The van der Waals surface area contributed by atoms with Crippen LogP contribution in [-0.4, -0.2) is 62.1 Å². The Morgan fingerprint density at radius 2 is 2.00 bits per heavy atom. The molecular weight excluding hydrogens is 268 g/mol. The number of hydrogen-bond acceptors (Lipinski definition) is 5. The van der Waals surface area contributed by atoms with Gasteiger partial charge in [-0.3, -0.25) is 9.69 Å². The monoisotopic (exact) mass is 290 g/mol. The molecular formula is C16H22N2O3. The maximum Gasteiger partial charge on any atom is 0.231 e. The van der Waals surface area contributed by atoms with Gasteiger partial charge in [-0.25, -0.2) is 0 Å². The second kappa shape index (κ2) is 6.03. The largest absolute Gasteiger partial charge is 0.454 e. The van der Waals surface area contributed by atoms with Gasteiger partial charge in [-0.05, 0) is 58.2 Å². The summed E-state index contributed by atoms with van der Waals surface area (Å²) in [7, 11) is 4.19. The summed E-state index contributed by atoms with van der Waals surface area (Å²) in [6.45, 7) is 2.90. The average Bonchev–Trinajstić information content (AvgIpc) is 2.95. The lowest BCUT2D eigenvalue weighted by molar-refractivity contribution is 0.0871. The maximum absolute atomic E-state index is 12.4. The Bertz CT molecular complexity index is 524. The zero-order valence-corrected chi connectivity index (χ0v) is 12.7. The highest BCUT2D eigenvalue weighted by Gasteiger charge is 2.23. The standard InChI is InChI=1S/C16H22N2O3/c1-17-7-5-13(6-8-17)18(2)10-14(19)12-3-4-15-16(9-12)21-11-20-15/h3-4,9,13H,5-8,10-11H2,1-2H3. The van der Waals surface area contributed by atoms with Crippen LogP contribution in [0.15, 0.2) is 18.2 Å². The lowest BCUT2D eigenvalue weighted by atomic mass is 10.0. The molecule has 2 aliphatic rings. The zero-order chi connectivity index (χ0) is 14.8. The van der Waals surface area contributed by atoms with Gasteiger partial charge in [0.1, 0.15) is 0 Å². The molecule has 1 aromatic carbocycles. The Hall–Kier alpha value is -1.59. The van der Waals surface area contributed by atoms with Crippen molar-refractivity contribution < 1.29 is 14.3 Å². The number of Topliss-reactive ketones (excluding diaryl/α,β-unsaturated/α-hetero) is 1. The van der Waals surface area contributed by atoms with E-state index in [9.17, 15) is 4.79 Å². The van der Waals surface area contributed by atoms with Crippen LogP contribution in [0.2, 0.25) is 0 Å². The Labute approximate surface area is 125 Å². The predicted molar refractivity (Wildman–Crippen MR) is 80.0 cm³/mol. The molecule has 2 aliphatic heterocycles. The molecule has 0 saturated carbocycles. The summed E-state index contributed by atoms with van der Waals surface area (Å²) in [5.41, 5.74) is 0.694. The number of rotatable bonds is 4. The van der Waals surface area contributed by atoms with E-state index in [2.05, 4.69) is 16.8 Å². The highest BCUT2D eigenvalue weighted by Crippen LogP contribution is 2.32. The number of carbonyl (C=O) groups is 1.